The standard InChI is InChI=1S/C16H18F3NO4/c1-5-11-6-7-12(13(10-11)23-16(17,18)19)22-9-8-20-14(21)24-15(2,3)4/h1,6-7,10H,8-9H2,2-4H3,(H,20,21). The van der Waals surface area contributed by atoms with Crippen LogP contribution in [-0.2, 0) is 4.74 Å². The zero-order valence-electron chi connectivity index (χ0n) is 13.5. The van der Waals surface area contributed by atoms with Crippen LogP contribution in [0.1, 0.15) is 26.3 Å². The van der Waals surface area contributed by atoms with Gasteiger partial charge in [-0.1, -0.05) is 5.92 Å². The Morgan fingerprint density at radius 2 is 1.92 bits per heavy atom. The number of ether oxygens (including phenoxy) is 3. The maximum Gasteiger partial charge on any atom is 0.573 e. The number of hydrogen-bond acceptors (Lipinski definition) is 4. The average Bonchev–Trinajstić information content (AvgIpc) is 2.41. The van der Waals surface area contributed by atoms with E-state index in [1.807, 2.05) is 0 Å². The van der Waals surface area contributed by atoms with Crippen molar-refractivity contribution in [2.24, 2.45) is 0 Å². The van der Waals surface area contributed by atoms with E-state index in [1.54, 1.807) is 20.8 Å². The highest BCUT2D eigenvalue weighted by Crippen LogP contribution is 2.33. The Balaban J connectivity index is 2.61. The molecule has 1 amide bonds. The molecule has 1 N–H and O–H groups in total. The van der Waals surface area contributed by atoms with Crippen molar-refractivity contribution in [3.63, 3.8) is 0 Å². The van der Waals surface area contributed by atoms with Gasteiger partial charge in [0, 0.05) is 11.6 Å². The summed E-state index contributed by atoms with van der Waals surface area (Å²) in [5, 5.41) is 2.42. The molecule has 0 aliphatic heterocycles. The molecule has 0 aliphatic carbocycles. The molecule has 0 heterocycles. The van der Waals surface area contributed by atoms with Crippen molar-refractivity contribution in [2.45, 2.75) is 32.7 Å². The fourth-order valence-electron chi connectivity index (χ4n) is 1.55. The SMILES string of the molecule is C#Cc1ccc(OCCNC(=O)OC(C)(C)C)c(OC(F)(F)F)c1. The molecular weight excluding hydrogens is 327 g/mol. The molecular formula is C16H18F3NO4. The highest BCUT2D eigenvalue weighted by molar-refractivity contribution is 5.67. The smallest absolute Gasteiger partial charge is 0.488 e. The van der Waals surface area contributed by atoms with E-state index in [2.05, 4.69) is 16.0 Å². The maximum absolute atomic E-state index is 12.4. The van der Waals surface area contributed by atoms with E-state index >= 15 is 0 Å². The first kappa shape index (κ1) is 19.5. The Kier molecular flexibility index (Phi) is 6.35. The molecule has 0 aliphatic rings. The molecule has 0 unspecified atom stereocenters. The minimum absolute atomic E-state index is 0.0389. The van der Waals surface area contributed by atoms with Gasteiger partial charge in [-0.2, -0.15) is 0 Å². The molecule has 0 bridgehead atoms. The summed E-state index contributed by atoms with van der Waals surface area (Å²) in [6.07, 6.45) is -0.378. The van der Waals surface area contributed by atoms with E-state index in [-0.39, 0.29) is 24.5 Å². The van der Waals surface area contributed by atoms with Gasteiger partial charge in [-0.05, 0) is 32.9 Å². The van der Waals surface area contributed by atoms with Crippen LogP contribution in [0.25, 0.3) is 0 Å². The highest BCUT2D eigenvalue weighted by atomic mass is 19.4. The highest BCUT2D eigenvalue weighted by Gasteiger charge is 2.32. The number of benzene rings is 1. The van der Waals surface area contributed by atoms with E-state index in [4.69, 9.17) is 15.9 Å². The largest absolute Gasteiger partial charge is 0.573 e. The van der Waals surface area contributed by atoms with Crippen LogP contribution in [0, 0.1) is 12.3 Å². The third-order valence-electron chi connectivity index (χ3n) is 2.36. The molecule has 0 aromatic heterocycles. The van der Waals surface area contributed by atoms with Crippen LogP contribution in [0.2, 0.25) is 0 Å². The molecule has 8 heteroatoms. The number of carbonyl (C=O) groups excluding carboxylic acids is 1. The van der Waals surface area contributed by atoms with Gasteiger partial charge in [0.05, 0.1) is 6.54 Å². The number of hydrogen-bond donors (Lipinski definition) is 1. The van der Waals surface area contributed by atoms with E-state index < -0.39 is 23.8 Å². The molecule has 0 spiro atoms. The summed E-state index contributed by atoms with van der Waals surface area (Å²) in [7, 11) is 0. The summed E-state index contributed by atoms with van der Waals surface area (Å²) in [6, 6.07) is 3.73. The van der Waals surface area contributed by atoms with Gasteiger partial charge in [-0.25, -0.2) is 4.79 Å². The van der Waals surface area contributed by atoms with E-state index in [1.165, 1.54) is 12.1 Å². The second-order valence-corrected chi connectivity index (χ2v) is 5.63. The Morgan fingerprint density at radius 3 is 2.46 bits per heavy atom. The number of carbonyl (C=O) groups is 1. The number of amides is 1. The van der Waals surface area contributed by atoms with Crippen LogP contribution in [-0.4, -0.2) is 31.2 Å². The van der Waals surface area contributed by atoms with Crippen molar-refractivity contribution >= 4 is 6.09 Å². The first-order valence-electron chi connectivity index (χ1n) is 6.96. The molecule has 132 valence electrons. The Morgan fingerprint density at radius 1 is 1.25 bits per heavy atom. The molecule has 24 heavy (non-hydrogen) atoms. The van der Waals surface area contributed by atoms with Crippen molar-refractivity contribution in [1.29, 1.82) is 0 Å². The van der Waals surface area contributed by atoms with Crippen LogP contribution in [0.3, 0.4) is 0 Å². The van der Waals surface area contributed by atoms with Gasteiger partial charge in [-0.3, -0.25) is 0 Å². The molecule has 0 atom stereocenters. The molecule has 1 aromatic rings. The minimum atomic E-state index is -4.87. The van der Waals surface area contributed by atoms with Crippen molar-refractivity contribution in [3.05, 3.63) is 23.8 Å². The van der Waals surface area contributed by atoms with Gasteiger partial charge in [0.25, 0.3) is 0 Å². The van der Waals surface area contributed by atoms with Gasteiger partial charge < -0.3 is 19.5 Å². The second kappa shape index (κ2) is 7.81. The number of alkyl carbamates (subject to hydrolysis) is 1. The molecule has 1 rings (SSSR count). The van der Waals surface area contributed by atoms with Crippen molar-refractivity contribution in [3.8, 4) is 23.8 Å². The summed E-state index contributed by atoms with van der Waals surface area (Å²) >= 11 is 0. The van der Waals surface area contributed by atoms with E-state index in [0.717, 1.165) is 6.07 Å². The molecule has 0 saturated carbocycles. The Labute approximate surface area is 138 Å². The topological polar surface area (TPSA) is 56.8 Å². The van der Waals surface area contributed by atoms with Crippen LogP contribution in [0.5, 0.6) is 11.5 Å². The monoisotopic (exact) mass is 345 g/mol. The van der Waals surface area contributed by atoms with Crippen molar-refractivity contribution in [2.75, 3.05) is 13.2 Å². The van der Waals surface area contributed by atoms with Gasteiger partial charge >= 0.3 is 12.5 Å². The summed E-state index contributed by atoms with van der Waals surface area (Å²) < 4.78 is 51.3. The molecule has 5 nitrogen and oxygen atoms in total. The first-order chi connectivity index (χ1) is 11.0. The van der Waals surface area contributed by atoms with Gasteiger partial charge in [-0.15, -0.1) is 19.6 Å². The summed E-state index contributed by atoms with van der Waals surface area (Å²) in [6.45, 7) is 5.07. The zero-order valence-corrected chi connectivity index (χ0v) is 13.5. The van der Waals surface area contributed by atoms with Crippen molar-refractivity contribution in [1.82, 2.24) is 5.32 Å². The number of rotatable bonds is 5. The lowest BCUT2D eigenvalue weighted by molar-refractivity contribution is -0.275. The Hall–Kier alpha value is -2.56. The molecule has 0 saturated heterocycles. The van der Waals surface area contributed by atoms with E-state index in [9.17, 15) is 18.0 Å². The fraction of sp³-hybridized carbons (Fsp3) is 0.438. The number of nitrogens with one attached hydrogen (secondary N) is 1. The predicted octanol–water partition coefficient (Wildman–Crippen LogP) is 3.47. The Bertz CT molecular complexity index is 615. The second-order valence-electron chi connectivity index (χ2n) is 5.63. The number of terminal acetylenes is 1. The predicted molar refractivity (Wildman–Crippen MR) is 80.8 cm³/mol. The first-order valence-corrected chi connectivity index (χ1v) is 6.96. The van der Waals surface area contributed by atoms with Gasteiger partial charge in [0.15, 0.2) is 11.5 Å². The van der Waals surface area contributed by atoms with Gasteiger partial charge in [0.2, 0.25) is 0 Å². The number of halogens is 3. The summed E-state index contributed by atoms with van der Waals surface area (Å²) in [4.78, 5) is 11.4. The summed E-state index contributed by atoms with van der Waals surface area (Å²) in [5.41, 5.74) is -0.433. The molecule has 0 fully saturated rings. The maximum atomic E-state index is 12.4. The lowest BCUT2D eigenvalue weighted by Gasteiger charge is -2.19. The van der Waals surface area contributed by atoms with Crippen molar-refractivity contribution < 1.29 is 32.2 Å². The van der Waals surface area contributed by atoms with Gasteiger partial charge in [0.1, 0.15) is 12.2 Å². The van der Waals surface area contributed by atoms with Crippen LogP contribution in [0.15, 0.2) is 18.2 Å². The number of alkyl halides is 3. The summed E-state index contributed by atoms with van der Waals surface area (Å²) in [5.74, 6) is 1.52. The fourth-order valence-corrected chi connectivity index (χ4v) is 1.55. The normalized spacial score (nSPS) is 11.4. The molecule has 1 aromatic carbocycles. The van der Waals surface area contributed by atoms with Crippen LogP contribution < -0.4 is 14.8 Å². The quantitative estimate of drug-likeness (QED) is 0.656. The van der Waals surface area contributed by atoms with Crippen LogP contribution in [0.4, 0.5) is 18.0 Å². The third kappa shape index (κ3) is 7.63. The minimum Gasteiger partial charge on any atom is -0.488 e. The van der Waals surface area contributed by atoms with Crippen LogP contribution >= 0.6 is 0 Å². The molecule has 0 radical (unpaired) electrons. The lowest BCUT2D eigenvalue weighted by Crippen LogP contribution is -2.34. The third-order valence-corrected chi connectivity index (χ3v) is 2.36. The van der Waals surface area contributed by atoms with E-state index in [0.29, 0.717) is 0 Å². The zero-order chi connectivity index (χ0) is 18.4. The lowest BCUT2D eigenvalue weighted by atomic mass is 10.2. The average molecular weight is 345 g/mol.